The first-order chi connectivity index (χ1) is 11.7. The molecule has 6 nitrogen and oxygen atoms in total. The van der Waals surface area contributed by atoms with Gasteiger partial charge in [0.25, 0.3) is 0 Å². The Balaban J connectivity index is 1.66. The number of hydrogen-bond acceptors (Lipinski definition) is 6. The smallest absolute Gasteiger partial charge is 0.0858 e. The maximum atomic E-state index is 5.63. The molecule has 4 N–H and O–H groups in total. The maximum absolute atomic E-state index is 5.63. The fourth-order valence-corrected chi connectivity index (χ4v) is 1.90. The summed E-state index contributed by atoms with van der Waals surface area (Å²) >= 11 is 0. The highest BCUT2D eigenvalue weighted by molar-refractivity contribution is 5.51. The van der Waals surface area contributed by atoms with Gasteiger partial charge in [-0.1, -0.05) is 0 Å². The number of nitrogen functional groups attached to an aromatic ring is 2. The van der Waals surface area contributed by atoms with Crippen LogP contribution in [0, 0.1) is 0 Å². The molecule has 3 aromatic rings. The summed E-state index contributed by atoms with van der Waals surface area (Å²) < 4.78 is 0. The number of nitrogens with zero attached hydrogens (tertiary/aromatic N) is 4. The quantitative estimate of drug-likeness (QED) is 0.477. The van der Waals surface area contributed by atoms with Crippen molar-refractivity contribution in [2.75, 3.05) is 11.5 Å². The van der Waals surface area contributed by atoms with Gasteiger partial charge in [0.05, 0.1) is 22.7 Å². The number of anilines is 2. The van der Waals surface area contributed by atoms with Crippen LogP contribution in [0.1, 0.15) is 0 Å². The zero-order valence-corrected chi connectivity index (χ0v) is 12.9. The summed E-state index contributed by atoms with van der Waals surface area (Å²) in [5, 5.41) is 16.7. The number of nitrogens with two attached hydrogens (primary N) is 2. The average molecular weight is 316 g/mol. The third-order valence-electron chi connectivity index (χ3n) is 3.20. The average Bonchev–Trinajstić information content (AvgIpc) is 2.62. The van der Waals surface area contributed by atoms with Crippen molar-refractivity contribution in [2.24, 2.45) is 20.5 Å². The molecule has 0 aromatic heterocycles. The van der Waals surface area contributed by atoms with E-state index in [1.54, 1.807) is 24.3 Å². The largest absolute Gasteiger partial charge is 0.399 e. The minimum absolute atomic E-state index is 0.699. The van der Waals surface area contributed by atoms with Crippen LogP contribution in [0.25, 0.3) is 0 Å². The standard InChI is InChI=1S/C18H16N6/c19-13-1-5-15(6-2-13)21-23-17-9-11-18(12-10-17)24-22-16-7-3-14(20)4-8-16/h1-12H,19-20H2. The van der Waals surface area contributed by atoms with Crippen molar-refractivity contribution < 1.29 is 0 Å². The van der Waals surface area contributed by atoms with Gasteiger partial charge in [0, 0.05) is 11.4 Å². The minimum Gasteiger partial charge on any atom is -0.399 e. The topological polar surface area (TPSA) is 101 Å². The third-order valence-corrected chi connectivity index (χ3v) is 3.20. The summed E-state index contributed by atoms with van der Waals surface area (Å²) in [5.41, 5.74) is 15.6. The Morgan fingerprint density at radius 3 is 0.833 bits per heavy atom. The molecule has 0 radical (unpaired) electrons. The molecule has 0 bridgehead atoms. The second-order valence-electron chi connectivity index (χ2n) is 5.10. The van der Waals surface area contributed by atoms with Crippen LogP contribution in [-0.2, 0) is 0 Å². The lowest BCUT2D eigenvalue weighted by molar-refractivity contribution is 1.21. The number of benzene rings is 3. The van der Waals surface area contributed by atoms with Crippen LogP contribution in [-0.4, -0.2) is 0 Å². The highest BCUT2D eigenvalue weighted by Gasteiger charge is 1.94. The first kappa shape index (κ1) is 15.4. The monoisotopic (exact) mass is 316 g/mol. The maximum Gasteiger partial charge on any atom is 0.0858 e. The van der Waals surface area contributed by atoms with Gasteiger partial charge < -0.3 is 11.5 Å². The lowest BCUT2D eigenvalue weighted by atomic mass is 10.3. The Bertz CT molecular complexity index is 775. The van der Waals surface area contributed by atoms with E-state index in [-0.39, 0.29) is 0 Å². The lowest BCUT2D eigenvalue weighted by Gasteiger charge is -1.96. The molecule has 0 saturated heterocycles. The molecule has 0 fully saturated rings. The Hall–Kier alpha value is -3.54. The number of rotatable bonds is 4. The number of azo groups is 2. The minimum atomic E-state index is 0.699. The summed E-state index contributed by atoms with van der Waals surface area (Å²) in [4.78, 5) is 0. The Labute approximate surface area is 139 Å². The molecule has 118 valence electrons. The summed E-state index contributed by atoms with van der Waals surface area (Å²) in [5.74, 6) is 0. The van der Waals surface area contributed by atoms with Crippen LogP contribution >= 0.6 is 0 Å². The molecule has 0 atom stereocenters. The molecule has 0 spiro atoms. The fourth-order valence-electron chi connectivity index (χ4n) is 1.90. The molecule has 0 aliphatic heterocycles. The Kier molecular flexibility index (Phi) is 4.57. The highest BCUT2D eigenvalue weighted by atomic mass is 15.1. The van der Waals surface area contributed by atoms with Gasteiger partial charge in [-0.05, 0) is 72.8 Å². The van der Waals surface area contributed by atoms with Crippen molar-refractivity contribution >= 4 is 34.1 Å². The lowest BCUT2D eigenvalue weighted by Crippen LogP contribution is -1.80. The summed E-state index contributed by atoms with van der Waals surface area (Å²) in [6.07, 6.45) is 0. The third kappa shape index (κ3) is 4.23. The molecule has 0 aliphatic rings. The van der Waals surface area contributed by atoms with Crippen LogP contribution in [0.5, 0.6) is 0 Å². The molecule has 0 saturated carbocycles. The molecule has 6 heteroatoms. The van der Waals surface area contributed by atoms with Crippen LogP contribution in [0.15, 0.2) is 93.3 Å². The number of hydrogen-bond donors (Lipinski definition) is 2. The van der Waals surface area contributed by atoms with Crippen molar-refractivity contribution in [1.82, 2.24) is 0 Å². The Morgan fingerprint density at radius 1 is 0.375 bits per heavy atom. The van der Waals surface area contributed by atoms with Crippen molar-refractivity contribution in [3.63, 3.8) is 0 Å². The second-order valence-corrected chi connectivity index (χ2v) is 5.10. The normalized spacial score (nSPS) is 11.3. The fraction of sp³-hybridized carbons (Fsp3) is 0. The van der Waals surface area contributed by atoms with E-state index in [0.29, 0.717) is 11.4 Å². The van der Waals surface area contributed by atoms with E-state index in [2.05, 4.69) is 20.5 Å². The van der Waals surface area contributed by atoms with Gasteiger partial charge in [0.1, 0.15) is 0 Å². The van der Waals surface area contributed by atoms with Gasteiger partial charge in [0.2, 0.25) is 0 Å². The van der Waals surface area contributed by atoms with Crippen molar-refractivity contribution in [1.29, 1.82) is 0 Å². The van der Waals surface area contributed by atoms with E-state index < -0.39 is 0 Å². The molecule has 3 rings (SSSR count). The second kappa shape index (κ2) is 7.15. The van der Waals surface area contributed by atoms with Gasteiger partial charge in [0.15, 0.2) is 0 Å². The molecule has 0 amide bonds. The van der Waals surface area contributed by atoms with Gasteiger partial charge in [-0.2, -0.15) is 20.5 Å². The van der Waals surface area contributed by atoms with Crippen molar-refractivity contribution in [2.45, 2.75) is 0 Å². The van der Waals surface area contributed by atoms with E-state index >= 15 is 0 Å². The van der Waals surface area contributed by atoms with Gasteiger partial charge in [-0.3, -0.25) is 0 Å². The van der Waals surface area contributed by atoms with Crippen LogP contribution < -0.4 is 11.5 Å². The molecule has 0 aliphatic carbocycles. The first-order valence-corrected chi connectivity index (χ1v) is 7.34. The molecular formula is C18H16N6. The van der Waals surface area contributed by atoms with E-state index in [0.717, 1.165) is 22.7 Å². The van der Waals surface area contributed by atoms with Crippen LogP contribution in [0.3, 0.4) is 0 Å². The first-order valence-electron chi connectivity index (χ1n) is 7.34. The predicted molar refractivity (Wildman–Crippen MR) is 96.5 cm³/mol. The molecule has 24 heavy (non-hydrogen) atoms. The predicted octanol–water partition coefficient (Wildman–Crippen LogP) is 5.68. The van der Waals surface area contributed by atoms with Crippen LogP contribution in [0.4, 0.5) is 34.1 Å². The zero-order valence-electron chi connectivity index (χ0n) is 12.9. The molecule has 0 heterocycles. The zero-order chi connectivity index (χ0) is 16.8. The summed E-state index contributed by atoms with van der Waals surface area (Å²) in [6, 6.07) is 21.7. The SMILES string of the molecule is Nc1ccc(N=Nc2ccc(N=Nc3ccc(N)cc3)cc2)cc1. The Morgan fingerprint density at radius 2 is 0.583 bits per heavy atom. The van der Waals surface area contributed by atoms with Crippen LogP contribution in [0.2, 0.25) is 0 Å². The van der Waals surface area contributed by atoms with E-state index in [9.17, 15) is 0 Å². The van der Waals surface area contributed by atoms with E-state index in [4.69, 9.17) is 11.5 Å². The molecule has 3 aromatic carbocycles. The summed E-state index contributed by atoms with van der Waals surface area (Å²) in [6.45, 7) is 0. The van der Waals surface area contributed by atoms with Gasteiger partial charge >= 0.3 is 0 Å². The van der Waals surface area contributed by atoms with Gasteiger partial charge in [-0.25, -0.2) is 0 Å². The van der Waals surface area contributed by atoms with Gasteiger partial charge in [-0.15, -0.1) is 0 Å². The highest BCUT2D eigenvalue weighted by Crippen LogP contribution is 2.24. The van der Waals surface area contributed by atoms with E-state index in [1.165, 1.54) is 0 Å². The van der Waals surface area contributed by atoms with E-state index in [1.807, 2.05) is 48.5 Å². The van der Waals surface area contributed by atoms with Crippen molar-refractivity contribution in [3.05, 3.63) is 72.8 Å². The molecule has 0 unspecified atom stereocenters. The molecular weight excluding hydrogens is 300 g/mol. The van der Waals surface area contributed by atoms with Crippen molar-refractivity contribution in [3.8, 4) is 0 Å². The summed E-state index contributed by atoms with van der Waals surface area (Å²) in [7, 11) is 0.